The third-order valence-electron chi connectivity index (χ3n) is 11.1. The second kappa shape index (κ2) is 37.0. The number of nitrogens with two attached hydrogens (primary N) is 4. The minimum atomic E-state index is -3.00. The van der Waals surface area contributed by atoms with Crippen molar-refractivity contribution in [2.24, 2.45) is 0 Å². The molecule has 0 saturated heterocycles. The summed E-state index contributed by atoms with van der Waals surface area (Å²) in [5.74, 6) is -4.68. The van der Waals surface area contributed by atoms with Gasteiger partial charge in [0, 0.05) is 18.6 Å². The Labute approximate surface area is 566 Å². The van der Waals surface area contributed by atoms with E-state index in [-0.39, 0.29) is 64.7 Å². The number of carboxylic acid groups (broad SMARTS) is 4. The second-order valence-electron chi connectivity index (χ2n) is 24.6. The average Bonchev–Trinajstić information content (AvgIpc) is 1.49. The van der Waals surface area contributed by atoms with Crippen LogP contribution in [0.1, 0.15) is 100 Å². The maximum absolute atomic E-state index is 13.5. The number of para-hydroxylation sites is 1. The second-order valence-corrected chi connectivity index (χ2v) is 25.0. The summed E-state index contributed by atoms with van der Waals surface area (Å²) in [6.07, 6.45) is -3.51. The number of anilines is 4. The first-order valence-corrected chi connectivity index (χ1v) is 29.5. The van der Waals surface area contributed by atoms with Crippen molar-refractivity contribution in [3.05, 3.63) is 88.5 Å². The Morgan fingerprint density at radius 3 is 1.27 bits per heavy atom. The lowest BCUT2D eigenvalue weighted by Crippen LogP contribution is -2.46. The van der Waals surface area contributed by atoms with Crippen molar-refractivity contribution < 1.29 is 119 Å². The van der Waals surface area contributed by atoms with Gasteiger partial charge in [-0.25, -0.2) is 42.7 Å². The molecule has 0 unspecified atom stereocenters. The van der Waals surface area contributed by atoms with Crippen LogP contribution in [-0.4, -0.2) is 158 Å². The van der Waals surface area contributed by atoms with Crippen LogP contribution in [0.25, 0.3) is 11.5 Å². The highest BCUT2D eigenvalue weighted by Gasteiger charge is 2.30. The fourth-order valence-corrected chi connectivity index (χ4v) is 7.13. The van der Waals surface area contributed by atoms with E-state index in [2.05, 4.69) is 36.2 Å². The van der Waals surface area contributed by atoms with Gasteiger partial charge in [-0.2, -0.15) is 8.78 Å². The van der Waals surface area contributed by atoms with E-state index in [1.54, 1.807) is 134 Å². The number of aromatic nitrogens is 2. The van der Waals surface area contributed by atoms with Crippen molar-refractivity contribution in [2.75, 3.05) is 49.4 Å². The number of carboxylic acids is 4. The zero-order valence-corrected chi connectivity index (χ0v) is 57.1. The fraction of sp³-hybridized carbons (Fsp3) is 0.452. The third-order valence-corrected chi connectivity index (χ3v) is 11.5. The van der Waals surface area contributed by atoms with Crippen molar-refractivity contribution in [3.8, 4) is 40.2 Å². The van der Waals surface area contributed by atoms with Gasteiger partial charge >= 0.3 is 54.9 Å². The van der Waals surface area contributed by atoms with Crippen LogP contribution in [0.2, 0.25) is 5.02 Å². The van der Waals surface area contributed by atoms with E-state index in [4.69, 9.17) is 92.2 Å². The van der Waals surface area contributed by atoms with Gasteiger partial charge in [-0.05, 0) is 157 Å². The van der Waals surface area contributed by atoms with Gasteiger partial charge in [0.15, 0.2) is 24.2 Å². The Kier molecular flexibility index (Phi) is 31.4. The Bertz CT molecular complexity index is 3560. The number of aryl methyl sites for hydroxylation is 3. The summed E-state index contributed by atoms with van der Waals surface area (Å²) >= 11 is 5.84. The number of ether oxygens (including phenoxy) is 9. The SMILES string of the molecule is CC(C)(C)OC(=O)N[C@@H](COc1ccc(OC(F)F)cc1N)C(=O)O.CC(C)(C)OC(=O)N[C@@H](COc1cccc(Cl)c1N)C(=O)O.Cc1cc(F)c(N)c(OC[C@H](NC(=O)OC(C)(C)C)C(=O)O)c1.Cc1nnc(-c2cc(N)c(OC[C@H](NC(=O)OC(C)(C)C)C(=O)O)cc2C)o1. The molecule has 16 N–H and O–H groups in total. The molecule has 0 aliphatic rings. The first-order valence-electron chi connectivity index (χ1n) is 29.1. The van der Waals surface area contributed by atoms with E-state index in [1.165, 1.54) is 24.3 Å². The lowest BCUT2D eigenvalue weighted by atomic mass is 10.1. The maximum Gasteiger partial charge on any atom is 0.408 e. The highest BCUT2D eigenvalue weighted by atomic mass is 35.5. The molecule has 32 nitrogen and oxygen atoms in total. The quantitative estimate of drug-likeness (QED) is 0.0214. The van der Waals surface area contributed by atoms with Crippen LogP contribution in [0.4, 0.5) is 55.1 Å². The van der Waals surface area contributed by atoms with E-state index in [1.807, 2.05) is 0 Å². The first kappa shape index (κ1) is 83.4. The smallest absolute Gasteiger partial charge is 0.408 e. The number of aliphatic carboxylic acids is 4. The molecule has 4 atom stereocenters. The number of nitrogens with one attached hydrogen (secondary N) is 4. The van der Waals surface area contributed by atoms with Gasteiger partial charge in [0.2, 0.25) is 11.8 Å². The monoisotopic (exact) mass is 1410 g/mol. The zero-order chi connectivity index (χ0) is 75.0. The van der Waals surface area contributed by atoms with Crippen LogP contribution in [0.15, 0.2) is 65.1 Å². The van der Waals surface area contributed by atoms with E-state index >= 15 is 0 Å². The molecular formula is C62H84ClF3N10O22. The van der Waals surface area contributed by atoms with Gasteiger partial charge in [-0.3, -0.25) is 0 Å². The van der Waals surface area contributed by atoms with Crippen LogP contribution < -0.4 is 67.9 Å². The van der Waals surface area contributed by atoms with Crippen molar-refractivity contribution in [2.45, 2.75) is 157 Å². The highest BCUT2D eigenvalue weighted by molar-refractivity contribution is 6.33. The number of alkyl halides is 2. The van der Waals surface area contributed by atoms with Gasteiger partial charge in [0.1, 0.15) is 89.1 Å². The van der Waals surface area contributed by atoms with Gasteiger partial charge in [-0.1, -0.05) is 17.7 Å². The molecule has 0 fully saturated rings. The van der Waals surface area contributed by atoms with Crippen LogP contribution in [0.3, 0.4) is 0 Å². The summed E-state index contributed by atoms with van der Waals surface area (Å²) in [6.45, 7) is 20.5. The number of benzene rings is 4. The van der Waals surface area contributed by atoms with Crippen LogP contribution in [0.5, 0.6) is 28.7 Å². The Morgan fingerprint density at radius 2 is 0.898 bits per heavy atom. The van der Waals surface area contributed by atoms with Crippen molar-refractivity contribution >= 4 is 82.6 Å². The summed E-state index contributed by atoms with van der Waals surface area (Å²) in [5.41, 5.74) is 22.0. The molecule has 5 rings (SSSR count). The molecule has 1 aromatic heterocycles. The molecular weight excluding hydrogens is 1330 g/mol. The Balaban J connectivity index is 0.000000446. The molecule has 98 heavy (non-hydrogen) atoms. The third kappa shape index (κ3) is 32.1. The van der Waals surface area contributed by atoms with Crippen LogP contribution >= 0.6 is 11.6 Å². The minimum absolute atomic E-state index is 0.0136. The van der Waals surface area contributed by atoms with Crippen molar-refractivity contribution in [1.82, 2.24) is 31.5 Å². The van der Waals surface area contributed by atoms with Gasteiger partial charge in [0.05, 0.1) is 22.1 Å². The lowest BCUT2D eigenvalue weighted by molar-refractivity contribution is -0.141. The summed E-state index contributed by atoms with van der Waals surface area (Å²) < 4.78 is 88.6. The van der Waals surface area contributed by atoms with Gasteiger partial charge < -0.3 is 112 Å². The lowest BCUT2D eigenvalue weighted by Gasteiger charge is -2.22. The number of hydrogen-bond acceptors (Lipinski definition) is 24. The number of carbonyl (C=O) groups is 8. The van der Waals surface area contributed by atoms with Gasteiger partial charge in [-0.15, -0.1) is 10.2 Å². The summed E-state index contributed by atoms with van der Waals surface area (Å²) in [6, 6.07) is 8.88. The highest BCUT2D eigenvalue weighted by Crippen LogP contribution is 2.33. The summed E-state index contributed by atoms with van der Waals surface area (Å²) in [5, 5.41) is 53.5. The molecule has 0 aliphatic carbocycles. The predicted molar refractivity (Wildman–Crippen MR) is 348 cm³/mol. The fourth-order valence-electron chi connectivity index (χ4n) is 6.97. The number of alkyl carbamates (subject to hydrolysis) is 4. The largest absolute Gasteiger partial charge is 0.489 e. The topological polar surface area (TPSA) is 492 Å². The molecule has 0 spiro atoms. The average molecular weight is 1410 g/mol. The van der Waals surface area contributed by atoms with E-state index in [0.29, 0.717) is 27.9 Å². The molecule has 0 aliphatic heterocycles. The van der Waals surface area contributed by atoms with Crippen molar-refractivity contribution in [3.63, 3.8) is 0 Å². The van der Waals surface area contributed by atoms with Gasteiger partial charge in [0.25, 0.3) is 0 Å². The summed E-state index contributed by atoms with van der Waals surface area (Å²) in [4.78, 5) is 91.6. The van der Waals surface area contributed by atoms with Crippen molar-refractivity contribution in [1.29, 1.82) is 0 Å². The number of nitrogen functional groups attached to an aromatic ring is 4. The molecule has 4 amide bonds. The number of nitrogens with zero attached hydrogens (tertiary/aromatic N) is 2. The molecule has 542 valence electrons. The number of rotatable bonds is 23. The molecule has 5 aromatic rings. The Morgan fingerprint density at radius 1 is 0.510 bits per heavy atom. The number of hydrogen-bond donors (Lipinski definition) is 12. The van der Waals surface area contributed by atoms with E-state index in [9.17, 15) is 56.6 Å². The maximum atomic E-state index is 13.5. The molecule has 0 saturated carbocycles. The summed E-state index contributed by atoms with van der Waals surface area (Å²) in [7, 11) is 0. The molecule has 0 bridgehead atoms. The zero-order valence-electron chi connectivity index (χ0n) is 56.3. The molecule has 0 radical (unpaired) electrons. The standard InChI is InChI=1S/C18H24N4O6.C15H20F2N2O6.C15H21FN2O5.C14H19ClN2O5/c1-9-6-14(12(19)7-11(9)15-22-21-10(2)27-15)26-8-13(16(23)24)20-17(25)28-18(3,4)5;1-15(2,3)25-14(22)19-10(12(20)21)7-23-11-5-4-8(6-9(11)18)24-13(16)17;1-8-5-9(16)12(17)11(6-8)22-7-10(13(19)20)18-14(21)23-15(2,3)4;1-14(2,3)22-13(20)17-9(12(18)19)7-21-10-6-4-5-8(15)11(10)16/h6-7,13H,8,19H2,1-5H3,(H,20,25)(H,23,24);4-6,10,13H,7,18H2,1-3H3,(H,19,22)(H,20,21);5-6,10H,7,17H2,1-4H3,(H,18,21)(H,19,20);4-6,9H,7,16H2,1-3H3,(H,17,20)(H,18,19)/t13-;2*10-;9-/m0000/s1. The van der Waals surface area contributed by atoms with E-state index in [0.717, 1.165) is 11.6 Å². The Hall–Kier alpha value is -10.7. The van der Waals surface area contributed by atoms with Crippen LogP contribution in [0, 0.1) is 26.6 Å². The first-order chi connectivity index (χ1) is 45.0. The van der Waals surface area contributed by atoms with E-state index < -0.39 is 120 Å². The number of halogens is 4. The molecule has 36 heteroatoms. The molecule has 4 aromatic carbocycles. The number of amides is 4. The normalized spacial score (nSPS) is 12.4. The van der Waals surface area contributed by atoms with Crippen LogP contribution in [-0.2, 0) is 38.1 Å². The predicted octanol–water partition coefficient (Wildman–Crippen LogP) is 8.87. The molecule has 1 heterocycles. The number of carbonyl (C=O) groups excluding carboxylic acids is 4. The minimum Gasteiger partial charge on any atom is -0.489 e.